The molecule has 2 heterocycles. The number of imidazole rings is 1. The van der Waals surface area contributed by atoms with Crippen LogP contribution in [0.1, 0.15) is 45.9 Å². The largest absolute Gasteiger partial charge is 0.333 e. The van der Waals surface area contributed by atoms with Crippen molar-refractivity contribution >= 4 is 0 Å². The average molecular weight is 289 g/mol. The Morgan fingerprint density at radius 1 is 1.43 bits per heavy atom. The summed E-state index contributed by atoms with van der Waals surface area (Å²) in [6, 6.07) is 2.76. The number of fused-ring (bicyclic) bond motifs is 1. The van der Waals surface area contributed by atoms with Gasteiger partial charge in [0, 0.05) is 31.5 Å². The van der Waals surface area contributed by atoms with Crippen molar-refractivity contribution in [2.75, 3.05) is 13.1 Å². The highest BCUT2D eigenvalue weighted by molar-refractivity contribution is 5.04. The number of aromatic nitrogens is 2. The molecule has 1 N–H and O–H groups in total. The summed E-state index contributed by atoms with van der Waals surface area (Å²) in [5.41, 5.74) is -0.397. The number of nitrogens with zero attached hydrogens (tertiary/aromatic N) is 4. The molecule has 0 spiro atoms. The molecule has 0 aromatic carbocycles. The second kappa shape index (κ2) is 7.06. The zero-order valence-corrected chi connectivity index (χ0v) is 13.5. The highest BCUT2D eigenvalue weighted by atomic mass is 15.2. The maximum absolute atomic E-state index is 9.33. The Morgan fingerprint density at radius 3 is 2.95 bits per heavy atom. The lowest BCUT2D eigenvalue weighted by atomic mass is 9.95. The molecule has 2 rings (SSSR count). The highest BCUT2D eigenvalue weighted by Crippen LogP contribution is 2.16. The van der Waals surface area contributed by atoms with Gasteiger partial charge in [0.05, 0.1) is 12.6 Å². The van der Waals surface area contributed by atoms with Gasteiger partial charge in [0.15, 0.2) is 0 Å². The van der Waals surface area contributed by atoms with E-state index in [1.807, 2.05) is 13.1 Å². The molecular formula is C16H27N5. The van der Waals surface area contributed by atoms with E-state index in [1.165, 1.54) is 5.82 Å². The van der Waals surface area contributed by atoms with Crippen molar-refractivity contribution < 1.29 is 0 Å². The van der Waals surface area contributed by atoms with Crippen LogP contribution < -0.4 is 5.32 Å². The molecule has 0 aliphatic carbocycles. The first-order chi connectivity index (χ1) is 10.0. The smallest absolute Gasteiger partial charge is 0.122 e. The lowest BCUT2D eigenvalue weighted by Gasteiger charge is -2.29. The molecule has 0 radical (unpaired) electrons. The van der Waals surface area contributed by atoms with E-state index < -0.39 is 5.54 Å². The van der Waals surface area contributed by atoms with E-state index in [9.17, 15) is 5.26 Å². The second-order valence-electron chi connectivity index (χ2n) is 6.51. The van der Waals surface area contributed by atoms with Gasteiger partial charge in [-0.05, 0) is 46.6 Å². The summed E-state index contributed by atoms with van der Waals surface area (Å²) >= 11 is 0. The molecule has 21 heavy (non-hydrogen) atoms. The number of nitrogens with one attached hydrogen (secondary N) is 1. The molecule has 0 amide bonds. The van der Waals surface area contributed by atoms with E-state index in [2.05, 4.69) is 45.9 Å². The Hall–Kier alpha value is -1.38. The Labute approximate surface area is 128 Å². The molecule has 0 fully saturated rings. The number of nitriles is 1. The van der Waals surface area contributed by atoms with E-state index >= 15 is 0 Å². The van der Waals surface area contributed by atoms with Gasteiger partial charge >= 0.3 is 0 Å². The van der Waals surface area contributed by atoms with Gasteiger partial charge in [-0.25, -0.2) is 4.98 Å². The second-order valence-corrected chi connectivity index (χ2v) is 6.51. The minimum atomic E-state index is -0.397. The summed E-state index contributed by atoms with van der Waals surface area (Å²) < 4.78 is 2.23. The fourth-order valence-electron chi connectivity index (χ4n) is 3.03. The van der Waals surface area contributed by atoms with Crippen molar-refractivity contribution in [3.8, 4) is 6.07 Å². The van der Waals surface area contributed by atoms with Crippen LogP contribution in [0.25, 0.3) is 0 Å². The standard InChI is InChI=1S/C16H27N5/c1-14(2)19-16(3,13-17)6-4-5-8-20-10-11-21-9-7-18-15(21)12-20/h7,9,14,19H,4-6,8,10-12H2,1-3H3. The molecule has 5 heteroatoms. The van der Waals surface area contributed by atoms with Gasteiger partial charge in [0.25, 0.3) is 0 Å². The van der Waals surface area contributed by atoms with Gasteiger partial charge in [0.2, 0.25) is 0 Å². The molecule has 1 aliphatic rings. The normalized spacial score (nSPS) is 18.2. The Kier molecular flexibility index (Phi) is 5.38. The minimum absolute atomic E-state index is 0.343. The first-order valence-corrected chi connectivity index (χ1v) is 7.94. The van der Waals surface area contributed by atoms with E-state index in [-0.39, 0.29) is 0 Å². The lowest BCUT2D eigenvalue weighted by Crippen LogP contribution is -2.45. The first-order valence-electron chi connectivity index (χ1n) is 7.94. The third-order valence-corrected chi connectivity index (χ3v) is 4.08. The van der Waals surface area contributed by atoms with Crippen molar-refractivity contribution in [3.63, 3.8) is 0 Å². The van der Waals surface area contributed by atoms with Crippen molar-refractivity contribution in [1.82, 2.24) is 19.8 Å². The third kappa shape index (κ3) is 4.55. The van der Waals surface area contributed by atoms with Gasteiger partial charge in [-0.3, -0.25) is 10.2 Å². The van der Waals surface area contributed by atoms with Crippen LogP contribution >= 0.6 is 0 Å². The molecular weight excluding hydrogens is 262 g/mol. The molecule has 0 bridgehead atoms. The van der Waals surface area contributed by atoms with Gasteiger partial charge < -0.3 is 4.57 Å². The molecule has 1 aromatic rings. The molecule has 1 aliphatic heterocycles. The van der Waals surface area contributed by atoms with E-state index in [4.69, 9.17) is 0 Å². The monoisotopic (exact) mass is 289 g/mol. The summed E-state index contributed by atoms with van der Waals surface area (Å²) in [4.78, 5) is 6.85. The predicted octanol–water partition coefficient (Wildman–Crippen LogP) is 2.15. The molecule has 116 valence electrons. The average Bonchev–Trinajstić information content (AvgIpc) is 2.90. The lowest BCUT2D eigenvalue weighted by molar-refractivity contribution is 0.210. The van der Waals surface area contributed by atoms with Crippen molar-refractivity contribution in [2.24, 2.45) is 0 Å². The molecule has 0 saturated heterocycles. The fourth-order valence-corrected chi connectivity index (χ4v) is 3.03. The summed E-state index contributed by atoms with van der Waals surface area (Å²) in [5.74, 6) is 1.17. The van der Waals surface area contributed by atoms with Crippen LogP contribution in [0.5, 0.6) is 0 Å². The van der Waals surface area contributed by atoms with Crippen LogP contribution in [0.2, 0.25) is 0 Å². The van der Waals surface area contributed by atoms with Gasteiger partial charge in [-0.2, -0.15) is 5.26 Å². The maximum Gasteiger partial charge on any atom is 0.122 e. The van der Waals surface area contributed by atoms with E-state index in [1.54, 1.807) is 0 Å². The molecule has 1 unspecified atom stereocenters. The first kappa shape index (κ1) is 16.0. The zero-order valence-electron chi connectivity index (χ0n) is 13.5. The van der Waals surface area contributed by atoms with Crippen LogP contribution in [0.3, 0.4) is 0 Å². The van der Waals surface area contributed by atoms with Crippen LogP contribution in [-0.4, -0.2) is 39.1 Å². The fraction of sp³-hybridized carbons (Fsp3) is 0.750. The SMILES string of the molecule is CC(C)NC(C)(C#N)CCCCN1CCn2ccnc2C1. The van der Waals surface area contributed by atoms with E-state index in [0.29, 0.717) is 6.04 Å². The summed E-state index contributed by atoms with van der Waals surface area (Å²) in [7, 11) is 0. The number of rotatable bonds is 7. The van der Waals surface area contributed by atoms with E-state index in [0.717, 1.165) is 45.4 Å². The van der Waals surface area contributed by atoms with Crippen molar-refractivity contribution in [1.29, 1.82) is 5.26 Å². The van der Waals surface area contributed by atoms with Gasteiger partial charge in [0.1, 0.15) is 11.4 Å². The summed E-state index contributed by atoms with van der Waals surface area (Å²) in [6.45, 7) is 10.4. The molecule has 0 saturated carbocycles. The number of hydrogen-bond donors (Lipinski definition) is 1. The summed E-state index contributed by atoms with van der Waals surface area (Å²) in [5, 5.41) is 12.7. The highest BCUT2D eigenvalue weighted by Gasteiger charge is 2.24. The zero-order chi connectivity index (χ0) is 15.3. The van der Waals surface area contributed by atoms with Crippen LogP contribution in [0, 0.1) is 11.3 Å². The third-order valence-electron chi connectivity index (χ3n) is 4.08. The predicted molar refractivity (Wildman–Crippen MR) is 83.6 cm³/mol. The summed E-state index contributed by atoms with van der Waals surface area (Å²) in [6.07, 6.45) is 7.06. The Morgan fingerprint density at radius 2 is 2.24 bits per heavy atom. The van der Waals surface area contributed by atoms with Crippen LogP contribution in [0.4, 0.5) is 0 Å². The number of hydrogen-bond acceptors (Lipinski definition) is 4. The van der Waals surface area contributed by atoms with Gasteiger partial charge in [-0.15, -0.1) is 0 Å². The van der Waals surface area contributed by atoms with Crippen LogP contribution in [-0.2, 0) is 13.1 Å². The Balaban J connectivity index is 1.70. The number of unbranched alkanes of at least 4 members (excludes halogenated alkanes) is 1. The van der Waals surface area contributed by atoms with Crippen molar-refractivity contribution in [2.45, 2.75) is 64.7 Å². The van der Waals surface area contributed by atoms with Gasteiger partial charge in [-0.1, -0.05) is 0 Å². The van der Waals surface area contributed by atoms with Crippen LogP contribution in [0.15, 0.2) is 12.4 Å². The minimum Gasteiger partial charge on any atom is -0.333 e. The Bertz CT molecular complexity index is 487. The molecule has 1 aromatic heterocycles. The molecule has 1 atom stereocenters. The quantitative estimate of drug-likeness (QED) is 0.781. The topological polar surface area (TPSA) is 56.9 Å². The maximum atomic E-state index is 9.33. The molecule has 5 nitrogen and oxygen atoms in total. The van der Waals surface area contributed by atoms with Crippen molar-refractivity contribution in [3.05, 3.63) is 18.2 Å².